The summed E-state index contributed by atoms with van der Waals surface area (Å²) in [5.41, 5.74) is 0.193. The zero-order valence-corrected chi connectivity index (χ0v) is 19.6. The molecule has 0 bridgehead atoms. The molecule has 12 nitrogen and oxygen atoms in total. The third-order valence-corrected chi connectivity index (χ3v) is 6.59. The van der Waals surface area contributed by atoms with Crippen molar-refractivity contribution >= 4 is 66.4 Å². The summed E-state index contributed by atoms with van der Waals surface area (Å²) in [5.74, 6) is -1.08. The van der Waals surface area contributed by atoms with Gasteiger partial charge in [0.2, 0.25) is 0 Å². The molecular weight excluding hydrogens is 524 g/mol. The van der Waals surface area contributed by atoms with Crippen molar-refractivity contribution in [3.8, 4) is 11.5 Å². The number of hydrogen-bond donors (Lipinski definition) is 4. The van der Waals surface area contributed by atoms with Gasteiger partial charge in [0.05, 0.1) is 22.6 Å². The lowest BCUT2D eigenvalue weighted by Crippen LogP contribution is -1.99. The Kier molecular flexibility index (Phi) is 7.29. The van der Waals surface area contributed by atoms with E-state index < -0.39 is 37.9 Å². The monoisotopic (exact) mass is 538 g/mol. The van der Waals surface area contributed by atoms with E-state index in [2.05, 4.69) is 19.6 Å². The predicted octanol–water partition coefficient (Wildman–Crippen LogP) is 5.30. The Morgan fingerprint density at radius 2 is 1.69 bits per heavy atom. The average molecular weight is 539 g/mol. The van der Waals surface area contributed by atoms with Gasteiger partial charge in [0.1, 0.15) is 5.69 Å². The summed E-state index contributed by atoms with van der Waals surface area (Å²) in [6.45, 7) is 0. The molecule has 0 spiro atoms. The summed E-state index contributed by atoms with van der Waals surface area (Å²) in [6.07, 6.45) is 0. The highest BCUT2D eigenvalue weighted by atomic mass is 32.2. The summed E-state index contributed by atoms with van der Waals surface area (Å²) in [7, 11) is -4.55. The molecule has 182 valence electrons. The second kappa shape index (κ2) is 10.2. The standard InChI is InChI=1S/C20H14N2O10S3/c23-20-17(30-34(25)26)10-11-9-12(35(27,28)29)5-6-13(11)19(20)22-21-16-7-8-18(33-32-31-24)15-4-2-1-3-14(15)16/h1-10,23-24H,(H,25,26)(H,27,28,29). The van der Waals surface area contributed by atoms with Crippen LogP contribution in [0.2, 0.25) is 0 Å². The van der Waals surface area contributed by atoms with Crippen molar-refractivity contribution in [2.75, 3.05) is 0 Å². The van der Waals surface area contributed by atoms with Crippen LogP contribution in [0.5, 0.6) is 11.5 Å². The Bertz CT molecular complexity index is 1590. The van der Waals surface area contributed by atoms with Gasteiger partial charge in [-0.15, -0.1) is 14.6 Å². The minimum Gasteiger partial charge on any atom is -0.503 e. The molecule has 15 heteroatoms. The maximum Gasteiger partial charge on any atom is 0.357 e. The van der Waals surface area contributed by atoms with Crippen molar-refractivity contribution in [2.45, 2.75) is 9.79 Å². The first-order valence-electron chi connectivity index (χ1n) is 9.33. The topological polar surface area (TPSA) is 185 Å². The largest absolute Gasteiger partial charge is 0.503 e. The van der Waals surface area contributed by atoms with E-state index >= 15 is 0 Å². The van der Waals surface area contributed by atoms with Gasteiger partial charge in [-0.3, -0.25) is 9.11 Å². The van der Waals surface area contributed by atoms with E-state index in [4.69, 9.17) is 14.0 Å². The summed E-state index contributed by atoms with van der Waals surface area (Å²) in [6, 6.07) is 14.9. The lowest BCUT2D eigenvalue weighted by atomic mass is 10.1. The Morgan fingerprint density at radius 3 is 2.37 bits per heavy atom. The van der Waals surface area contributed by atoms with Crippen molar-refractivity contribution in [1.82, 2.24) is 0 Å². The molecule has 0 heterocycles. The molecule has 1 atom stereocenters. The number of hydrogen-bond acceptors (Lipinski definition) is 11. The molecule has 0 aromatic heterocycles. The van der Waals surface area contributed by atoms with E-state index in [1.807, 2.05) is 0 Å². The highest BCUT2D eigenvalue weighted by molar-refractivity contribution is 7.94. The number of fused-ring (bicyclic) bond motifs is 2. The van der Waals surface area contributed by atoms with Crippen LogP contribution in [0, 0.1) is 0 Å². The molecule has 0 amide bonds. The molecule has 0 saturated heterocycles. The number of phenolic OH excluding ortho intramolecular Hbond substituents is 1. The first-order chi connectivity index (χ1) is 16.7. The second-order valence-electron chi connectivity index (χ2n) is 6.78. The van der Waals surface area contributed by atoms with Crippen molar-refractivity contribution in [3.63, 3.8) is 0 Å². The normalized spacial score (nSPS) is 13.0. The summed E-state index contributed by atoms with van der Waals surface area (Å²) in [4.78, 5) is 0.156. The van der Waals surface area contributed by atoms with Crippen LogP contribution in [0.4, 0.5) is 11.4 Å². The Labute approximate surface area is 204 Å². The average Bonchev–Trinajstić information content (AvgIpc) is 2.82. The van der Waals surface area contributed by atoms with Crippen molar-refractivity contribution in [1.29, 1.82) is 0 Å². The van der Waals surface area contributed by atoms with Gasteiger partial charge in [-0.25, -0.2) is 5.26 Å². The fourth-order valence-corrected chi connectivity index (χ4v) is 4.59. The molecule has 0 fully saturated rings. The molecule has 35 heavy (non-hydrogen) atoms. The van der Waals surface area contributed by atoms with E-state index in [0.29, 0.717) is 21.4 Å². The van der Waals surface area contributed by atoms with Crippen LogP contribution in [0.25, 0.3) is 21.5 Å². The minimum absolute atomic E-state index is 0.130. The summed E-state index contributed by atoms with van der Waals surface area (Å²) in [5, 5.41) is 32.7. The van der Waals surface area contributed by atoms with Crippen LogP contribution in [-0.2, 0) is 30.9 Å². The molecule has 0 aliphatic rings. The van der Waals surface area contributed by atoms with Crippen LogP contribution in [-0.4, -0.2) is 32.1 Å². The van der Waals surface area contributed by atoms with Crippen LogP contribution in [0.1, 0.15) is 0 Å². The SMILES string of the molecule is O=S(O)Oc1cc2cc(S(=O)(=O)O)ccc2c(N=Nc2ccc(SOOO)c3ccccc23)c1O. The molecular formula is C20H14N2O10S3. The van der Waals surface area contributed by atoms with Gasteiger partial charge in [0.15, 0.2) is 11.5 Å². The van der Waals surface area contributed by atoms with E-state index in [1.165, 1.54) is 6.07 Å². The minimum atomic E-state index is -4.55. The van der Waals surface area contributed by atoms with Gasteiger partial charge < -0.3 is 9.29 Å². The van der Waals surface area contributed by atoms with Gasteiger partial charge in [-0.1, -0.05) is 35.4 Å². The van der Waals surface area contributed by atoms with E-state index in [-0.39, 0.29) is 16.5 Å². The maximum atomic E-state index is 11.5. The van der Waals surface area contributed by atoms with Crippen molar-refractivity contribution in [2.24, 2.45) is 10.2 Å². The molecule has 0 radical (unpaired) electrons. The molecule has 0 aliphatic heterocycles. The van der Waals surface area contributed by atoms with Gasteiger partial charge >= 0.3 is 11.4 Å². The van der Waals surface area contributed by atoms with E-state index in [0.717, 1.165) is 30.2 Å². The van der Waals surface area contributed by atoms with Crippen molar-refractivity contribution < 1.29 is 45.7 Å². The second-order valence-corrected chi connectivity index (χ2v) is 9.55. The fraction of sp³-hybridized carbons (Fsp3) is 0. The first kappa shape index (κ1) is 25.0. The van der Waals surface area contributed by atoms with Crippen LogP contribution in [0.3, 0.4) is 0 Å². The third-order valence-electron chi connectivity index (χ3n) is 4.75. The molecule has 4 N–H and O–H groups in total. The number of nitrogens with zero attached hydrogens (tertiary/aromatic N) is 2. The highest BCUT2D eigenvalue weighted by Crippen LogP contribution is 2.45. The Hall–Kier alpha value is -3.15. The van der Waals surface area contributed by atoms with Crippen LogP contribution >= 0.6 is 12.0 Å². The van der Waals surface area contributed by atoms with Crippen LogP contribution < -0.4 is 4.18 Å². The zero-order valence-electron chi connectivity index (χ0n) is 17.1. The predicted molar refractivity (Wildman–Crippen MR) is 126 cm³/mol. The smallest absolute Gasteiger partial charge is 0.357 e. The quantitative estimate of drug-likeness (QED) is 0.0569. The van der Waals surface area contributed by atoms with Gasteiger partial charge in [0.25, 0.3) is 10.1 Å². The molecule has 4 aromatic carbocycles. The lowest BCUT2D eigenvalue weighted by Gasteiger charge is -2.10. The maximum absolute atomic E-state index is 11.5. The first-order valence-corrected chi connectivity index (χ1v) is 12.5. The summed E-state index contributed by atoms with van der Waals surface area (Å²) >= 11 is -2.04. The Morgan fingerprint density at radius 1 is 0.943 bits per heavy atom. The van der Waals surface area contributed by atoms with Gasteiger partial charge in [-0.2, -0.15) is 12.6 Å². The highest BCUT2D eigenvalue weighted by Gasteiger charge is 2.19. The molecule has 0 saturated carbocycles. The van der Waals surface area contributed by atoms with Crippen molar-refractivity contribution in [3.05, 3.63) is 60.7 Å². The number of rotatable bonds is 8. The number of benzene rings is 4. The third kappa shape index (κ3) is 5.42. The van der Waals surface area contributed by atoms with Gasteiger partial charge in [-0.05, 0) is 41.1 Å². The zero-order chi connectivity index (χ0) is 25.2. The lowest BCUT2D eigenvalue weighted by molar-refractivity contribution is -0.432. The molecule has 1 unspecified atom stereocenters. The molecule has 0 aliphatic carbocycles. The van der Waals surface area contributed by atoms with Crippen LogP contribution in [0.15, 0.2) is 80.7 Å². The number of phenols is 1. The molecule has 4 rings (SSSR count). The van der Waals surface area contributed by atoms with E-state index in [1.54, 1.807) is 36.4 Å². The van der Waals surface area contributed by atoms with E-state index in [9.17, 15) is 22.3 Å². The summed E-state index contributed by atoms with van der Waals surface area (Å²) < 4.78 is 61.9. The number of azo groups is 1. The Balaban J connectivity index is 1.88. The fourth-order valence-electron chi connectivity index (χ4n) is 3.30. The van der Waals surface area contributed by atoms with Gasteiger partial charge in [0, 0.05) is 15.7 Å². The molecule has 4 aromatic rings. The number of aromatic hydroxyl groups is 1.